The Balaban J connectivity index is 2.76. The van der Waals surface area contributed by atoms with Crippen LogP contribution in [-0.2, 0) is 4.79 Å². The number of rotatable bonds is 2. The van der Waals surface area contributed by atoms with E-state index in [2.05, 4.69) is 0 Å². The topological polar surface area (TPSA) is 17.1 Å². The molecule has 0 spiro atoms. The molecule has 0 saturated carbocycles. The summed E-state index contributed by atoms with van der Waals surface area (Å²) in [5, 5.41) is 1.20. The van der Waals surface area contributed by atoms with Crippen LogP contribution >= 0.6 is 8.20 Å². The second-order valence-corrected chi connectivity index (χ2v) is 3.01. The van der Waals surface area contributed by atoms with Crippen molar-refractivity contribution in [3.63, 3.8) is 0 Å². The number of carbonyl (C=O) groups is 1. The van der Waals surface area contributed by atoms with Gasteiger partial charge in [0.05, 0.1) is 0 Å². The molecule has 0 fully saturated rings. The van der Waals surface area contributed by atoms with E-state index >= 15 is 0 Å². The number of hydrogen-bond acceptors (Lipinski definition) is 1. The van der Waals surface area contributed by atoms with Gasteiger partial charge < -0.3 is 0 Å². The van der Waals surface area contributed by atoms with Crippen molar-refractivity contribution in [1.29, 1.82) is 0 Å². The van der Waals surface area contributed by atoms with Crippen LogP contribution in [0.5, 0.6) is 0 Å². The Hall–Kier alpha value is -0.940. The summed E-state index contributed by atoms with van der Waals surface area (Å²) in [6.45, 7) is 0. The maximum Gasteiger partial charge on any atom is 0.184 e. The minimum atomic E-state index is 0.511. The fraction of sp³-hybridized carbons (Fsp3) is 0. The largest absolute Gasteiger partial charge is 0.294 e. The Kier molecular flexibility index (Phi) is 2.85. The zero-order chi connectivity index (χ0) is 7.23. The second-order valence-electron chi connectivity index (χ2n) is 1.81. The van der Waals surface area contributed by atoms with Gasteiger partial charge in [0, 0.05) is 0 Å². The molecule has 1 nitrogen and oxygen atoms in total. The molecule has 1 unspecified atom stereocenters. The molecule has 1 aromatic carbocycles. The normalized spacial score (nSPS) is 10.0. The number of hydrogen-bond donors (Lipinski definition) is 0. The minimum Gasteiger partial charge on any atom is -0.294 e. The van der Waals surface area contributed by atoms with E-state index in [1.165, 1.54) is 5.30 Å². The third-order valence-corrected chi connectivity index (χ3v) is 2.06. The van der Waals surface area contributed by atoms with Crippen LogP contribution < -0.4 is 5.30 Å². The molecule has 2 heteroatoms. The maximum atomic E-state index is 9.93. The Bertz CT molecular complexity index is 228. The van der Waals surface area contributed by atoms with Crippen molar-refractivity contribution in [3.05, 3.63) is 30.3 Å². The number of benzene rings is 1. The highest BCUT2D eigenvalue weighted by Gasteiger charge is 1.89. The Morgan fingerprint density at radius 1 is 1.20 bits per heavy atom. The lowest BCUT2D eigenvalue weighted by Gasteiger charge is -1.78. The molecule has 0 aliphatic carbocycles. The van der Waals surface area contributed by atoms with Crippen LogP contribution in [0.4, 0.5) is 0 Å². The molecule has 0 radical (unpaired) electrons. The van der Waals surface area contributed by atoms with E-state index in [0.717, 1.165) is 6.29 Å². The Morgan fingerprint density at radius 3 is 2.50 bits per heavy atom. The zero-order valence-electron chi connectivity index (χ0n) is 5.45. The summed E-state index contributed by atoms with van der Waals surface area (Å²) < 4.78 is 0. The third kappa shape index (κ3) is 2.12. The van der Waals surface area contributed by atoms with Crippen molar-refractivity contribution in [2.24, 2.45) is 0 Å². The van der Waals surface area contributed by atoms with Crippen LogP contribution in [0.1, 0.15) is 0 Å². The summed E-state index contributed by atoms with van der Waals surface area (Å²) in [4.78, 5) is 9.93. The van der Waals surface area contributed by atoms with Gasteiger partial charge >= 0.3 is 0 Å². The zero-order valence-corrected chi connectivity index (χ0v) is 6.45. The highest BCUT2D eigenvalue weighted by atomic mass is 31.1. The Morgan fingerprint density at radius 2 is 1.90 bits per heavy atom. The number of carbonyl (C=O) groups excluding carboxylic acids is 1. The van der Waals surface area contributed by atoms with Crippen molar-refractivity contribution < 1.29 is 4.79 Å². The summed E-state index contributed by atoms with van der Waals surface area (Å²) in [5.41, 5.74) is 0. The average molecular weight is 151 g/mol. The van der Waals surface area contributed by atoms with Crippen molar-refractivity contribution in [2.75, 3.05) is 0 Å². The van der Waals surface area contributed by atoms with Crippen LogP contribution in [-0.4, -0.2) is 12.1 Å². The molecule has 0 heterocycles. The van der Waals surface area contributed by atoms with E-state index in [1.54, 1.807) is 5.80 Å². The molecule has 0 aromatic heterocycles. The molecular formula is C8H8OP+. The van der Waals surface area contributed by atoms with E-state index in [-0.39, 0.29) is 0 Å². The molecule has 0 aliphatic rings. The van der Waals surface area contributed by atoms with Crippen LogP contribution in [0.2, 0.25) is 0 Å². The SMILES string of the molecule is O=CC=[PH+]c1ccccc1. The minimum absolute atomic E-state index is 0.511. The first-order valence-corrected chi connectivity index (χ1v) is 4.10. The number of aldehydes is 1. The van der Waals surface area contributed by atoms with Crippen molar-refractivity contribution >= 4 is 25.6 Å². The smallest absolute Gasteiger partial charge is 0.184 e. The summed E-state index contributed by atoms with van der Waals surface area (Å²) in [6.07, 6.45) is 0.839. The summed E-state index contributed by atoms with van der Waals surface area (Å²) in [7, 11) is 0.511. The van der Waals surface area contributed by atoms with Crippen molar-refractivity contribution in [2.45, 2.75) is 0 Å². The standard InChI is InChI=1S/C8H7OP/c9-6-7-10-8-4-2-1-3-5-8/h1-7H/p+1. The summed E-state index contributed by atoms with van der Waals surface area (Å²) in [5.74, 6) is 1.63. The van der Waals surface area contributed by atoms with Gasteiger partial charge in [0.25, 0.3) is 0 Å². The first kappa shape index (κ1) is 7.17. The van der Waals surface area contributed by atoms with E-state index in [1.807, 2.05) is 30.3 Å². The molecule has 50 valence electrons. The molecule has 0 bridgehead atoms. The molecule has 0 saturated heterocycles. The maximum absolute atomic E-state index is 9.93. The molecule has 0 N–H and O–H groups in total. The predicted octanol–water partition coefficient (Wildman–Crippen LogP) is 0.991. The van der Waals surface area contributed by atoms with Crippen LogP contribution in [0.15, 0.2) is 30.3 Å². The van der Waals surface area contributed by atoms with E-state index in [0.29, 0.717) is 8.20 Å². The van der Waals surface area contributed by atoms with Crippen molar-refractivity contribution in [3.8, 4) is 0 Å². The highest BCUT2D eigenvalue weighted by molar-refractivity contribution is 7.49. The molecule has 0 amide bonds. The fourth-order valence-electron chi connectivity index (χ4n) is 0.665. The molecule has 1 aromatic rings. The van der Waals surface area contributed by atoms with Crippen molar-refractivity contribution in [1.82, 2.24) is 0 Å². The molecular weight excluding hydrogens is 143 g/mol. The lowest BCUT2D eigenvalue weighted by Crippen LogP contribution is -1.87. The first-order valence-electron chi connectivity index (χ1n) is 3.02. The first-order chi connectivity index (χ1) is 4.93. The van der Waals surface area contributed by atoms with Gasteiger partial charge in [0.2, 0.25) is 0 Å². The van der Waals surface area contributed by atoms with E-state index < -0.39 is 0 Å². The van der Waals surface area contributed by atoms with Gasteiger partial charge in [0.15, 0.2) is 12.1 Å². The molecule has 1 rings (SSSR count). The quantitative estimate of drug-likeness (QED) is 0.455. The predicted molar refractivity (Wildman–Crippen MR) is 46.5 cm³/mol. The van der Waals surface area contributed by atoms with Gasteiger partial charge in [-0.15, -0.1) is 0 Å². The van der Waals surface area contributed by atoms with E-state index in [9.17, 15) is 4.79 Å². The van der Waals surface area contributed by atoms with Gasteiger partial charge in [-0.1, -0.05) is 18.2 Å². The van der Waals surface area contributed by atoms with E-state index in [4.69, 9.17) is 0 Å². The lowest BCUT2D eigenvalue weighted by atomic mass is 10.4. The monoisotopic (exact) mass is 151 g/mol. The van der Waals surface area contributed by atoms with Gasteiger partial charge in [0.1, 0.15) is 13.5 Å². The van der Waals surface area contributed by atoms with Gasteiger partial charge in [-0.2, -0.15) is 0 Å². The molecule has 1 atom stereocenters. The van der Waals surface area contributed by atoms with Crippen LogP contribution in [0.25, 0.3) is 0 Å². The summed E-state index contributed by atoms with van der Waals surface area (Å²) in [6, 6.07) is 9.94. The summed E-state index contributed by atoms with van der Waals surface area (Å²) >= 11 is 0. The van der Waals surface area contributed by atoms with Gasteiger partial charge in [-0.3, -0.25) is 4.79 Å². The highest BCUT2D eigenvalue weighted by Crippen LogP contribution is 1.94. The average Bonchev–Trinajstić information content (AvgIpc) is 2.03. The lowest BCUT2D eigenvalue weighted by molar-refractivity contribution is -0.102. The van der Waals surface area contributed by atoms with Gasteiger partial charge in [-0.05, 0) is 12.1 Å². The Labute approximate surface area is 61.5 Å². The molecule has 0 aliphatic heterocycles. The second kappa shape index (κ2) is 3.97. The fourth-order valence-corrected chi connectivity index (χ4v) is 1.31. The third-order valence-electron chi connectivity index (χ3n) is 1.09. The van der Waals surface area contributed by atoms with Gasteiger partial charge in [-0.25, -0.2) is 0 Å². The van der Waals surface area contributed by atoms with Crippen LogP contribution in [0, 0.1) is 0 Å². The molecule has 10 heavy (non-hydrogen) atoms. The van der Waals surface area contributed by atoms with Crippen LogP contribution in [0.3, 0.4) is 0 Å².